The summed E-state index contributed by atoms with van der Waals surface area (Å²) in [7, 11) is 1.69. The molecule has 0 bridgehead atoms. The molecule has 1 heterocycles. The molecule has 1 aliphatic heterocycles. The zero-order valence-electron chi connectivity index (χ0n) is 9.87. The number of rotatable bonds is 6. The number of methoxy groups -OCH3 is 1. The monoisotopic (exact) mass is 230 g/mol. The molecule has 1 rings (SSSR count). The Hall–Kier alpha value is -0.850. The van der Waals surface area contributed by atoms with Crippen LogP contribution >= 0.6 is 0 Å². The van der Waals surface area contributed by atoms with E-state index in [2.05, 4.69) is 15.7 Å². The lowest BCUT2D eigenvalue weighted by Crippen LogP contribution is -2.42. The first-order valence-electron chi connectivity index (χ1n) is 5.68. The van der Waals surface area contributed by atoms with E-state index in [1.165, 1.54) is 0 Å². The highest BCUT2D eigenvalue weighted by atomic mass is 16.5. The molecule has 16 heavy (non-hydrogen) atoms. The zero-order chi connectivity index (χ0) is 11.6. The first kappa shape index (κ1) is 13.2. The summed E-state index contributed by atoms with van der Waals surface area (Å²) in [6.07, 6.45) is 2.02. The van der Waals surface area contributed by atoms with Gasteiger partial charge in [-0.1, -0.05) is 0 Å². The Morgan fingerprint density at radius 1 is 1.62 bits per heavy atom. The standard InChI is InChI=1S/C10H22N4O2/c1-15-5-2-4-12-10(14-11)13-7-9-3-6-16-8-9/h9H,2-8,11H2,1H3,(H2,12,13,14). The highest BCUT2D eigenvalue weighted by Gasteiger charge is 2.14. The summed E-state index contributed by atoms with van der Waals surface area (Å²) in [5.74, 6) is 6.54. The Morgan fingerprint density at radius 2 is 2.50 bits per heavy atom. The molecule has 0 aromatic carbocycles. The van der Waals surface area contributed by atoms with E-state index in [1.54, 1.807) is 7.11 Å². The van der Waals surface area contributed by atoms with Crippen molar-refractivity contribution in [1.82, 2.24) is 10.7 Å². The van der Waals surface area contributed by atoms with Gasteiger partial charge in [0.15, 0.2) is 0 Å². The van der Waals surface area contributed by atoms with Crippen LogP contribution in [-0.4, -0.2) is 46.0 Å². The molecule has 6 nitrogen and oxygen atoms in total. The van der Waals surface area contributed by atoms with Crippen molar-refractivity contribution >= 4 is 5.96 Å². The quantitative estimate of drug-likeness (QED) is 0.188. The summed E-state index contributed by atoms with van der Waals surface area (Å²) in [5, 5.41) is 3.12. The van der Waals surface area contributed by atoms with Gasteiger partial charge in [-0.05, 0) is 12.8 Å². The van der Waals surface area contributed by atoms with Crippen LogP contribution in [0.1, 0.15) is 12.8 Å². The number of aliphatic imine (C=N–C) groups is 1. The molecule has 1 aliphatic rings. The molecule has 0 radical (unpaired) electrons. The van der Waals surface area contributed by atoms with Gasteiger partial charge in [-0.15, -0.1) is 0 Å². The molecular formula is C10H22N4O2. The average Bonchev–Trinajstić information content (AvgIpc) is 2.81. The second-order valence-electron chi connectivity index (χ2n) is 3.84. The average molecular weight is 230 g/mol. The molecule has 6 heteroatoms. The molecule has 0 saturated carbocycles. The van der Waals surface area contributed by atoms with Crippen LogP contribution in [0.25, 0.3) is 0 Å². The van der Waals surface area contributed by atoms with E-state index in [4.69, 9.17) is 15.3 Å². The summed E-state index contributed by atoms with van der Waals surface area (Å²) in [4.78, 5) is 4.37. The van der Waals surface area contributed by atoms with Crippen LogP contribution in [0.2, 0.25) is 0 Å². The van der Waals surface area contributed by atoms with E-state index in [-0.39, 0.29) is 0 Å². The number of nitrogens with zero attached hydrogens (tertiary/aromatic N) is 1. The van der Waals surface area contributed by atoms with Crippen LogP contribution in [0.15, 0.2) is 4.99 Å². The smallest absolute Gasteiger partial charge is 0.205 e. The second kappa shape index (κ2) is 8.32. The van der Waals surface area contributed by atoms with E-state index in [0.717, 1.165) is 45.8 Å². The normalized spacial score (nSPS) is 21.1. The Morgan fingerprint density at radius 3 is 3.12 bits per heavy atom. The Kier molecular flexibility index (Phi) is 6.87. The van der Waals surface area contributed by atoms with Crippen molar-refractivity contribution in [2.24, 2.45) is 16.8 Å². The Balaban J connectivity index is 2.15. The van der Waals surface area contributed by atoms with Gasteiger partial charge in [0.1, 0.15) is 0 Å². The van der Waals surface area contributed by atoms with Gasteiger partial charge in [0, 0.05) is 39.3 Å². The highest BCUT2D eigenvalue weighted by Crippen LogP contribution is 2.11. The predicted octanol–water partition coefficient (Wildman–Crippen LogP) is -0.532. The number of hydrogen-bond donors (Lipinski definition) is 3. The largest absolute Gasteiger partial charge is 0.385 e. The third-order valence-corrected chi connectivity index (χ3v) is 2.49. The molecule has 0 spiro atoms. The van der Waals surface area contributed by atoms with Crippen LogP contribution in [0.3, 0.4) is 0 Å². The van der Waals surface area contributed by atoms with Crippen molar-refractivity contribution in [3.05, 3.63) is 0 Å². The van der Waals surface area contributed by atoms with Gasteiger partial charge in [0.2, 0.25) is 5.96 Å². The maximum atomic E-state index is 5.37. The van der Waals surface area contributed by atoms with Crippen LogP contribution in [0, 0.1) is 5.92 Å². The summed E-state index contributed by atoms with van der Waals surface area (Å²) in [5.41, 5.74) is 2.56. The van der Waals surface area contributed by atoms with Gasteiger partial charge in [-0.2, -0.15) is 0 Å². The highest BCUT2D eigenvalue weighted by molar-refractivity contribution is 5.79. The third kappa shape index (κ3) is 5.29. The van der Waals surface area contributed by atoms with E-state index >= 15 is 0 Å². The van der Waals surface area contributed by atoms with Crippen molar-refractivity contribution in [3.63, 3.8) is 0 Å². The zero-order valence-corrected chi connectivity index (χ0v) is 9.87. The first-order chi connectivity index (χ1) is 7.86. The maximum absolute atomic E-state index is 5.37. The number of nitrogens with two attached hydrogens (primary N) is 1. The predicted molar refractivity (Wildman–Crippen MR) is 63.0 cm³/mol. The molecule has 94 valence electrons. The number of guanidine groups is 1. The van der Waals surface area contributed by atoms with Gasteiger partial charge < -0.3 is 14.8 Å². The maximum Gasteiger partial charge on any atom is 0.205 e. The van der Waals surface area contributed by atoms with Gasteiger partial charge in [-0.25, -0.2) is 5.84 Å². The molecule has 1 fully saturated rings. The van der Waals surface area contributed by atoms with Crippen molar-refractivity contribution in [2.45, 2.75) is 12.8 Å². The molecule has 0 aliphatic carbocycles. The second-order valence-corrected chi connectivity index (χ2v) is 3.84. The molecule has 1 atom stereocenters. The lowest BCUT2D eigenvalue weighted by Gasteiger charge is -2.10. The van der Waals surface area contributed by atoms with Crippen LogP contribution < -0.4 is 16.6 Å². The topological polar surface area (TPSA) is 80.9 Å². The molecule has 0 aromatic rings. The number of nitrogens with one attached hydrogen (secondary N) is 2. The number of hydrazine groups is 1. The third-order valence-electron chi connectivity index (χ3n) is 2.49. The summed E-state index contributed by atoms with van der Waals surface area (Å²) < 4.78 is 10.2. The van der Waals surface area contributed by atoms with Crippen molar-refractivity contribution in [1.29, 1.82) is 0 Å². The molecule has 1 unspecified atom stereocenters. The minimum absolute atomic E-state index is 0.532. The summed E-state index contributed by atoms with van der Waals surface area (Å²) in [6.45, 7) is 3.97. The fraction of sp³-hybridized carbons (Fsp3) is 0.900. The SMILES string of the molecule is COCCCNC(=NCC1CCOC1)NN. The van der Waals surface area contributed by atoms with Crippen LogP contribution in [0.4, 0.5) is 0 Å². The van der Waals surface area contributed by atoms with Crippen molar-refractivity contribution in [2.75, 3.05) is 40.0 Å². The lowest BCUT2D eigenvalue weighted by molar-refractivity contribution is 0.187. The van der Waals surface area contributed by atoms with E-state index < -0.39 is 0 Å². The minimum atomic E-state index is 0.532. The van der Waals surface area contributed by atoms with Crippen LogP contribution in [-0.2, 0) is 9.47 Å². The van der Waals surface area contributed by atoms with Crippen molar-refractivity contribution < 1.29 is 9.47 Å². The van der Waals surface area contributed by atoms with Gasteiger partial charge >= 0.3 is 0 Å². The molecular weight excluding hydrogens is 208 g/mol. The number of hydrogen-bond acceptors (Lipinski definition) is 4. The number of ether oxygens (including phenoxy) is 2. The van der Waals surface area contributed by atoms with Gasteiger partial charge in [-0.3, -0.25) is 10.4 Å². The molecule has 0 amide bonds. The van der Waals surface area contributed by atoms with E-state index in [1.807, 2.05) is 0 Å². The fourth-order valence-corrected chi connectivity index (χ4v) is 1.52. The van der Waals surface area contributed by atoms with E-state index in [9.17, 15) is 0 Å². The lowest BCUT2D eigenvalue weighted by atomic mass is 10.1. The molecule has 1 saturated heterocycles. The molecule has 4 N–H and O–H groups in total. The first-order valence-corrected chi connectivity index (χ1v) is 5.68. The summed E-state index contributed by atoms with van der Waals surface area (Å²) in [6, 6.07) is 0. The summed E-state index contributed by atoms with van der Waals surface area (Å²) >= 11 is 0. The van der Waals surface area contributed by atoms with Crippen LogP contribution in [0.5, 0.6) is 0 Å². The Labute approximate surface area is 96.6 Å². The van der Waals surface area contributed by atoms with Crippen molar-refractivity contribution in [3.8, 4) is 0 Å². The minimum Gasteiger partial charge on any atom is -0.385 e. The van der Waals surface area contributed by atoms with Gasteiger partial charge in [0.05, 0.1) is 6.61 Å². The molecule has 0 aromatic heterocycles. The fourth-order valence-electron chi connectivity index (χ4n) is 1.52. The van der Waals surface area contributed by atoms with E-state index in [0.29, 0.717) is 11.9 Å². The van der Waals surface area contributed by atoms with Gasteiger partial charge in [0.25, 0.3) is 0 Å². The Bertz CT molecular complexity index is 205.